The Morgan fingerprint density at radius 1 is 1.00 bits per heavy atom. The monoisotopic (exact) mass is 340 g/mol. The molecule has 0 aromatic heterocycles. The first kappa shape index (κ1) is 19.4. The highest BCUT2D eigenvalue weighted by Crippen LogP contribution is 2.13. The maximum atomic E-state index is 12.8. The second-order valence-electron chi connectivity index (χ2n) is 5.41. The van der Waals surface area contributed by atoms with E-state index in [4.69, 9.17) is 9.47 Å². The Hall–Kier alpha value is -2.64. The van der Waals surface area contributed by atoms with E-state index in [2.05, 4.69) is 10.6 Å². The number of halogens is 1. The largest absolute Gasteiger partial charge is 0.479 e. The minimum absolute atomic E-state index is 0.139. The van der Waals surface area contributed by atoms with Crippen LogP contribution >= 0.6 is 0 Å². The molecular weight excluding hydrogens is 319 g/mol. The van der Waals surface area contributed by atoms with Gasteiger partial charge in [0.1, 0.15) is 11.6 Å². The average Bonchev–Trinajstić information content (AvgIpc) is 2.48. The lowest BCUT2D eigenvalue weighted by Gasteiger charge is -2.18. The SMILES string of the molecule is CC(C)NC(=O)NC(=O)[C@H](C)OC(=O)[C@H](C)Oc1ccc(F)cc1. The summed E-state index contributed by atoms with van der Waals surface area (Å²) in [6, 6.07) is 4.30. The quantitative estimate of drug-likeness (QED) is 0.770. The Morgan fingerprint density at radius 2 is 1.58 bits per heavy atom. The summed E-state index contributed by atoms with van der Waals surface area (Å²) in [4.78, 5) is 35.1. The molecule has 7 nitrogen and oxygen atoms in total. The molecule has 1 aromatic rings. The van der Waals surface area contributed by atoms with Crippen molar-refractivity contribution in [2.75, 3.05) is 0 Å². The smallest absolute Gasteiger partial charge is 0.347 e. The number of esters is 1. The number of urea groups is 1. The predicted molar refractivity (Wildman–Crippen MR) is 83.9 cm³/mol. The molecule has 0 aliphatic rings. The van der Waals surface area contributed by atoms with Crippen molar-refractivity contribution in [2.45, 2.75) is 45.9 Å². The van der Waals surface area contributed by atoms with Gasteiger partial charge in [-0.3, -0.25) is 10.1 Å². The fourth-order valence-corrected chi connectivity index (χ4v) is 1.60. The van der Waals surface area contributed by atoms with Crippen LogP contribution in [-0.4, -0.2) is 36.2 Å². The minimum Gasteiger partial charge on any atom is -0.479 e. The van der Waals surface area contributed by atoms with Gasteiger partial charge in [0.2, 0.25) is 0 Å². The van der Waals surface area contributed by atoms with Crippen LogP contribution in [0.5, 0.6) is 5.75 Å². The first-order valence-corrected chi connectivity index (χ1v) is 7.43. The van der Waals surface area contributed by atoms with Gasteiger partial charge in [-0.2, -0.15) is 0 Å². The number of imide groups is 1. The highest BCUT2D eigenvalue weighted by Gasteiger charge is 2.24. The number of amides is 3. The molecule has 0 radical (unpaired) electrons. The summed E-state index contributed by atoms with van der Waals surface area (Å²) in [6.45, 7) is 6.24. The molecular formula is C16H21FN2O5. The van der Waals surface area contributed by atoms with Gasteiger partial charge >= 0.3 is 12.0 Å². The number of hydrogen-bond donors (Lipinski definition) is 2. The molecule has 0 unspecified atom stereocenters. The first-order chi connectivity index (χ1) is 11.2. The number of carbonyl (C=O) groups excluding carboxylic acids is 3. The molecule has 0 saturated carbocycles. The van der Waals surface area contributed by atoms with Crippen LogP contribution in [-0.2, 0) is 14.3 Å². The lowest BCUT2D eigenvalue weighted by Crippen LogP contribution is -2.47. The summed E-state index contributed by atoms with van der Waals surface area (Å²) in [5.74, 6) is -1.68. The number of ether oxygens (including phenoxy) is 2. The maximum absolute atomic E-state index is 12.8. The molecule has 1 rings (SSSR count). The number of hydrogen-bond acceptors (Lipinski definition) is 5. The molecule has 2 atom stereocenters. The molecule has 0 bridgehead atoms. The topological polar surface area (TPSA) is 93.7 Å². The van der Waals surface area contributed by atoms with Gasteiger partial charge in [-0.25, -0.2) is 14.0 Å². The van der Waals surface area contributed by atoms with Gasteiger partial charge in [0.15, 0.2) is 12.2 Å². The summed E-state index contributed by atoms with van der Waals surface area (Å²) in [6.07, 6.45) is -2.18. The third-order valence-corrected chi connectivity index (χ3v) is 2.78. The molecule has 0 saturated heterocycles. The zero-order valence-electron chi connectivity index (χ0n) is 14.0. The van der Waals surface area contributed by atoms with E-state index in [-0.39, 0.29) is 11.8 Å². The molecule has 2 N–H and O–H groups in total. The zero-order chi connectivity index (χ0) is 18.3. The van der Waals surface area contributed by atoms with E-state index in [0.717, 1.165) is 0 Å². The molecule has 3 amide bonds. The van der Waals surface area contributed by atoms with Crippen LogP contribution < -0.4 is 15.4 Å². The number of benzene rings is 1. The predicted octanol–water partition coefficient (Wildman–Crippen LogP) is 1.76. The molecule has 0 heterocycles. The fourth-order valence-electron chi connectivity index (χ4n) is 1.60. The number of rotatable bonds is 6. The molecule has 0 spiro atoms. The summed E-state index contributed by atoms with van der Waals surface area (Å²) in [5.41, 5.74) is 0. The molecule has 24 heavy (non-hydrogen) atoms. The number of nitrogens with one attached hydrogen (secondary N) is 2. The van der Waals surface area contributed by atoms with E-state index in [1.165, 1.54) is 38.1 Å². The second kappa shape index (κ2) is 8.85. The Kier molecular flexibility index (Phi) is 7.16. The average molecular weight is 340 g/mol. The van der Waals surface area contributed by atoms with Gasteiger partial charge in [-0.1, -0.05) is 0 Å². The molecule has 8 heteroatoms. The Morgan fingerprint density at radius 3 is 2.12 bits per heavy atom. The van der Waals surface area contributed by atoms with Gasteiger partial charge in [-0.15, -0.1) is 0 Å². The van der Waals surface area contributed by atoms with Crippen LogP contribution in [0.2, 0.25) is 0 Å². The van der Waals surface area contributed by atoms with E-state index < -0.39 is 35.9 Å². The summed E-state index contributed by atoms with van der Waals surface area (Å²) in [7, 11) is 0. The fraction of sp³-hybridized carbons (Fsp3) is 0.438. The van der Waals surface area contributed by atoms with Gasteiger partial charge in [-0.05, 0) is 52.0 Å². The minimum atomic E-state index is -1.17. The standard InChI is InChI=1S/C16H21FN2O5/c1-9(2)18-16(22)19-14(20)10(3)24-15(21)11(4)23-13-7-5-12(17)6-8-13/h5-11H,1-4H3,(H2,18,19,20,22)/t10-,11-/m0/s1. The van der Waals surface area contributed by atoms with Gasteiger partial charge in [0, 0.05) is 6.04 Å². The number of carbonyl (C=O) groups is 3. The first-order valence-electron chi connectivity index (χ1n) is 7.43. The molecule has 132 valence electrons. The second-order valence-corrected chi connectivity index (χ2v) is 5.41. The Bertz CT molecular complexity index is 589. The van der Waals surface area contributed by atoms with Crippen LogP contribution in [0.25, 0.3) is 0 Å². The van der Waals surface area contributed by atoms with Gasteiger partial charge < -0.3 is 14.8 Å². The van der Waals surface area contributed by atoms with E-state index in [0.29, 0.717) is 0 Å². The Labute approximate surface area is 139 Å². The van der Waals surface area contributed by atoms with Crippen LogP contribution in [0.3, 0.4) is 0 Å². The van der Waals surface area contributed by atoms with Crippen molar-refractivity contribution < 1.29 is 28.2 Å². The van der Waals surface area contributed by atoms with E-state index in [1.54, 1.807) is 13.8 Å². The van der Waals surface area contributed by atoms with E-state index >= 15 is 0 Å². The normalized spacial score (nSPS) is 12.9. The van der Waals surface area contributed by atoms with E-state index in [1.807, 2.05) is 0 Å². The van der Waals surface area contributed by atoms with Crippen molar-refractivity contribution in [3.63, 3.8) is 0 Å². The molecule has 0 aliphatic heterocycles. The highest BCUT2D eigenvalue weighted by atomic mass is 19.1. The van der Waals surface area contributed by atoms with Crippen LogP contribution in [0, 0.1) is 5.82 Å². The lowest BCUT2D eigenvalue weighted by atomic mass is 10.3. The van der Waals surface area contributed by atoms with Crippen molar-refractivity contribution >= 4 is 17.9 Å². The van der Waals surface area contributed by atoms with Crippen molar-refractivity contribution in [1.29, 1.82) is 0 Å². The van der Waals surface area contributed by atoms with Crippen molar-refractivity contribution in [3.8, 4) is 5.75 Å². The molecule has 0 aliphatic carbocycles. The lowest BCUT2D eigenvalue weighted by molar-refractivity contribution is -0.160. The van der Waals surface area contributed by atoms with Crippen molar-refractivity contribution in [3.05, 3.63) is 30.1 Å². The van der Waals surface area contributed by atoms with Crippen LogP contribution in [0.4, 0.5) is 9.18 Å². The van der Waals surface area contributed by atoms with Gasteiger partial charge in [0.05, 0.1) is 0 Å². The highest BCUT2D eigenvalue weighted by molar-refractivity contribution is 5.97. The third kappa shape index (κ3) is 6.64. The van der Waals surface area contributed by atoms with Crippen molar-refractivity contribution in [1.82, 2.24) is 10.6 Å². The maximum Gasteiger partial charge on any atom is 0.347 e. The molecule has 0 fully saturated rings. The summed E-state index contributed by atoms with van der Waals surface area (Å²) in [5, 5.41) is 4.54. The summed E-state index contributed by atoms with van der Waals surface area (Å²) < 4.78 is 23.0. The Balaban J connectivity index is 2.48. The van der Waals surface area contributed by atoms with Crippen LogP contribution in [0.1, 0.15) is 27.7 Å². The van der Waals surface area contributed by atoms with Crippen LogP contribution in [0.15, 0.2) is 24.3 Å². The third-order valence-electron chi connectivity index (χ3n) is 2.78. The zero-order valence-corrected chi connectivity index (χ0v) is 14.0. The van der Waals surface area contributed by atoms with Crippen molar-refractivity contribution in [2.24, 2.45) is 0 Å². The van der Waals surface area contributed by atoms with Gasteiger partial charge in [0.25, 0.3) is 5.91 Å². The molecule has 1 aromatic carbocycles. The van der Waals surface area contributed by atoms with E-state index in [9.17, 15) is 18.8 Å². The summed E-state index contributed by atoms with van der Waals surface area (Å²) >= 11 is 0.